The fraction of sp³-hybridized carbons (Fsp3) is 0.292. The van der Waals surface area contributed by atoms with Gasteiger partial charge in [0.15, 0.2) is 5.69 Å². The lowest BCUT2D eigenvalue weighted by molar-refractivity contribution is -0.727. The van der Waals surface area contributed by atoms with E-state index < -0.39 is 46.9 Å². The van der Waals surface area contributed by atoms with Crippen LogP contribution < -0.4 is 4.72 Å². The average Bonchev–Trinajstić information content (AvgIpc) is 3.35. The molecular weight excluding hydrogens is 589 g/mol. The fourth-order valence-electron chi connectivity index (χ4n) is 3.62. The fourth-order valence-corrected chi connectivity index (χ4v) is 4.50. The molecule has 0 unspecified atom stereocenters. The van der Waals surface area contributed by atoms with Crippen LogP contribution in [-0.2, 0) is 35.3 Å². The first-order valence-corrected chi connectivity index (χ1v) is 13.5. The van der Waals surface area contributed by atoms with Crippen molar-refractivity contribution in [2.45, 2.75) is 31.0 Å². The number of nitrogens with one attached hydrogen (secondary N) is 1. The maximum absolute atomic E-state index is 13.4. The van der Waals surface area contributed by atoms with E-state index in [4.69, 9.17) is 4.74 Å². The summed E-state index contributed by atoms with van der Waals surface area (Å²) < 4.78 is 77.8. The number of ether oxygens (including phenoxy) is 2. The number of hydrogen-bond acceptors (Lipinski definition) is 10. The maximum atomic E-state index is 13.4. The van der Waals surface area contributed by atoms with Gasteiger partial charge in [-0.15, -0.1) is 5.01 Å². The molecule has 0 spiro atoms. The van der Waals surface area contributed by atoms with Crippen molar-refractivity contribution in [3.63, 3.8) is 0 Å². The van der Waals surface area contributed by atoms with Gasteiger partial charge in [-0.05, 0) is 37.3 Å². The number of aryl methyl sites for hydroxylation is 1. The third-order valence-corrected chi connectivity index (χ3v) is 7.07. The third-order valence-electron chi connectivity index (χ3n) is 5.74. The van der Waals surface area contributed by atoms with Crippen LogP contribution in [0.1, 0.15) is 18.2 Å². The Morgan fingerprint density at radius 1 is 1.14 bits per heavy atom. The topological polar surface area (TPSA) is 167 Å². The normalized spacial score (nSPS) is 14.2. The van der Waals surface area contributed by atoms with Crippen molar-refractivity contribution in [1.29, 1.82) is 0 Å². The summed E-state index contributed by atoms with van der Waals surface area (Å²) in [5.74, 6) is -0.637. The van der Waals surface area contributed by atoms with E-state index in [0.717, 1.165) is 40.4 Å². The zero-order chi connectivity index (χ0) is 30.7. The average molecular weight is 613 g/mol. The second-order valence-electron chi connectivity index (χ2n) is 8.91. The summed E-state index contributed by atoms with van der Waals surface area (Å²) >= 11 is 0. The highest BCUT2D eigenvalue weighted by molar-refractivity contribution is 7.90. The highest BCUT2D eigenvalue weighted by Gasteiger charge is 2.37. The Kier molecular flexibility index (Phi) is 8.55. The van der Waals surface area contributed by atoms with E-state index in [0.29, 0.717) is 5.56 Å². The number of alkyl halides is 3. The molecule has 14 nitrogen and oxygen atoms in total. The van der Waals surface area contributed by atoms with Crippen molar-refractivity contribution >= 4 is 22.1 Å². The molecule has 1 aliphatic heterocycles. The van der Waals surface area contributed by atoms with Gasteiger partial charge in [-0.1, -0.05) is 29.8 Å². The van der Waals surface area contributed by atoms with Crippen LogP contribution >= 0.6 is 0 Å². The third kappa shape index (κ3) is 7.25. The number of hydrogen-bond donors (Lipinski definition) is 1. The molecular formula is C24H23F3N6O8S. The van der Waals surface area contributed by atoms with Gasteiger partial charge in [0.25, 0.3) is 16.8 Å². The Hall–Kier alpha value is -4.87. The summed E-state index contributed by atoms with van der Waals surface area (Å²) in [4.78, 5) is 26.9. The minimum Gasteiger partial charge on any atom is -0.569 e. The number of rotatable bonds is 9. The zero-order valence-corrected chi connectivity index (χ0v) is 22.8. The van der Waals surface area contributed by atoms with Gasteiger partial charge in [-0.2, -0.15) is 18.3 Å². The number of halogens is 3. The van der Waals surface area contributed by atoms with Gasteiger partial charge in [-0.25, -0.2) is 22.6 Å². The van der Waals surface area contributed by atoms with Crippen LogP contribution in [0.25, 0.3) is 16.9 Å². The summed E-state index contributed by atoms with van der Waals surface area (Å²) in [6.45, 7) is 2.14. The number of esters is 1. The SMILES string of the molecule is CC(=O)OCON=[N+]([O-])N1CC(OC(=O)NS(=O)(=O)c2ccc(-n3nc(C(F)(F)F)cc3-c3ccc(C)cc3)cc2)C1. The molecule has 1 amide bonds. The Morgan fingerprint density at radius 2 is 1.79 bits per heavy atom. The summed E-state index contributed by atoms with van der Waals surface area (Å²) in [7, 11) is -4.43. The molecule has 2 aromatic carbocycles. The van der Waals surface area contributed by atoms with E-state index in [1.54, 1.807) is 29.0 Å². The summed E-state index contributed by atoms with van der Waals surface area (Å²) in [5, 5.41) is 19.5. The first kappa shape index (κ1) is 30.1. The molecule has 0 atom stereocenters. The van der Waals surface area contributed by atoms with E-state index in [1.165, 1.54) is 12.1 Å². The Bertz CT molecular complexity index is 1590. The summed E-state index contributed by atoms with van der Waals surface area (Å²) in [6, 6.07) is 12.3. The molecule has 4 rings (SSSR count). The Balaban J connectivity index is 1.39. The van der Waals surface area contributed by atoms with Crippen molar-refractivity contribution in [3.05, 3.63) is 71.1 Å². The largest absolute Gasteiger partial charge is 0.569 e. The molecule has 0 radical (unpaired) electrons. The molecule has 1 fully saturated rings. The van der Waals surface area contributed by atoms with E-state index in [1.807, 2.05) is 6.92 Å². The number of carbonyl (C=O) groups is 2. The summed E-state index contributed by atoms with van der Waals surface area (Å²) in [5.41, 5.74) is 0.511. The van der Waals surface area contributed by atoms with Gasteiger partial charge >= 0.3 is 18.2 Å². The van der Waals surface area contributed by atoms with Crippen LogP contribution in [0.5, 0.6) is 0 Å². The number of sulfonamides is 1. The molecule has 1 N–H and O–H groups in total. The van der Waals surface area contributed by atoms with Crippen molar-refractivity contribution in [1.82, 2.24) is 19.5 Å². The maximum Gasteiger partial charge on any atom is 0.435 e. The highest BCUT2D eigenvalue weighted by Crippen LogP contribution is 2.33. The van der Waals surface area contributed by atoms with Crippen LogP contribution in [0.3, 0.4) is 0 Å². The number of amides is 1. The molecule has 1 aliphatic rings. The van der Waals surface area contributed by atoms with Gasteiger partial charge in [0.05, 0.1) is 21.2 Å². The van der Waals surface area contributed by atoms with Crippen LogP contribution in [0, 0.1) is 12.1 Å². The molecule has 0 saturated carbocycles. The Labute approximate surface area is 236 Å². The molecule has 1 saturated heterocycles. The predicted molar refractivity (Wildman–Crippen MR) is 135 cm³/mol. The van der Waals surface area contributed by atoms with Crippen molar-refractivity contribution < 1.29 is 50.5 Å². The molecule has 0 aliphatic carbocycles. The molecule has 18 heteroatoms. The number of benzene rings is 2. The second kappa shape index (κ2) is 11.9. The monoisotopic (exact) mass is 612 g/mol. The molecule has 1 aromatic heterocycles. The van der Waals surface area contributed by atoms with Gasteiger partial charge < -0.3 is 19.5 Å². The van der Waals surface area contributed by atoms with E-state index in [9.17, 15) is 36.4 Å². The van der Waals surface area contributed by atoms with Crippen molar-refractivity contribution in [3.8, 4) is 16.9 Å². The van der Waals surface area contributed by atoms with Gasteiger partial charge in [0.2, 0.25) is 5.28 Å². The lowest BCUT2D eigenvalue weighted by atomic mass is 10.1. The molecule has 0 bridgehead atoms. The smallest absolute Gasteiger partial charge is 0.435 e. The molecule has 42 heavy (non-hydrogen) atoms. The van der Waals surface area contributed by atoms with Crippen molar-refractivity contribution in [2.24, 2.45) is 5.28 Å². The highest BCUT2D eigenvalue weighted by atomic mass is 32.2. The van der Waals surface area contributed by atoms with Crippen LogP contribution in [0.15, 0.2) is 64.8 Å². The van der Waals surface area contributed by atoms with Gasteiger partial charge in [0, 0.05) is 12.5 Å². The predicted octanol–water partition coefficient (Wildman–Crippen LogP) is 3.30. The van der Waals surface area contributed by atoms with Gasteiger partial charge in [0.1, 0.15) is 19.2 Å². The van der Waals surface area contributed by atoms with E-state index in [-0.39, 0.29) is 34.3 Å². The Morgan fingerprint density at radius 3 is 2.38 bits per heavy atom. The van der Waals surface area contributed by atoms with Crippen molar-refractivity contribution in [2.75, 3.05) is 19.9 Å². The first-order valence-electron chi connectivity index (χ1n) is 12.0. The van der Waals surface area contributed by atoms with Gasteiger partial charge in [-0.3, -0.25) is 4.79 Å². The lowest BCUT2D eigenvalue weighted by Crippen LogP contribution is -2.56. The second-order valence-corrected chi connectivity index (χ2v) is 10.6. The molecule has 224 valence electrons. The molecule has 3 aromatic rings. The minimum absolute atomic E-state index is 0.0427. The van der Waals surface area contributed by atoms with Crippen LogP contribution in [0.2, 0.25) is 0 Å². The number of nitrogens with zero attached hydrogens (tertiary/aromatic N) is 5. The number of hydrazine groups is 1. The number of aromatic nitrogens is 2. The van der Waals surface area contributed by atoms with E-state index >= 15 is 0 Å². The van der Waals surface area contributed by atoms with E-state index in [2.05, 4.69) is 20.0 Å². The zero-order valence-electron chi connectivity index (χ0n) is 21.9. The quantitative estimate of drug-likeness (QED) is 0.0946. The number of carbonyl (C=O) groups excluding carboxylic acids is 2. The lowest BCUT2D eigenvalue weighted by Gasteiger charge is -2.33. The molecule has 2 heterocycles. The first-order chi connectivity index (χ1) is 19.7. The van der Waals surface area contributed by atoms with Crippen LogP contribution in [0.4, 0.5) is 18.0 Å². The van der Waals surface area contributed by atoms with Crippen LogP contribution in [-0.4, -0.2) is 66.2 Å². The summed E-state index contributed by atoms with van der Waals surface area (Å²) in [6.07, 6.45) is -6.87. The minimum atomic E-state index is -4.71. The standard InChI is InChI=1S/C24H23F3N6O8S/c1-15-3-5-17(6-4-15)21-11-22(24(25,26)27)28-32(21)18-7-9-20(10-8-18)42(37,38)29-23(35)41-19-12-31(13-19)33(36)30-40-14-39-16(2)34/h3-11,19H,12-14H2,1-2H3,(H,29,35).